The number of benzene rings is 1. The summed E-state index contributed by atoms with van der Waals surface area (Å²) in [5.41, 5.74) is -0.547. The Morgan fingerprint density at radius 3 is 2.53 bits per heavy atom. The van der Waals surface area contributed by atoms with E-state index in [2.05, 4.69) is 10.1 Å². The maximum Gasteiger partial charge on any atom is 0.366 e. The van der Waals surface area contributed by atoms with Crippen LogP contribution in [-0.4, -0.2) is 21.5 Å². The van der Waals surface area contributed by atoms with Crippen molar-refractivity contribution in [2.24, 2.45) is 0 Å². The van der Waals surface area contributed by atoms with Crippen molar-refractivity contribution in [1.29, 1.82) is 0 Å². The molecular formula is C10H12N4O3. The molecule has 2 N–H and O–H groups in total. The number of H-pyrrole nitrogens is 2. The molecule has 2 rings (SSSR count). The molecule has 0 unspecified atom stereocenters. The first-order valence-electron chi connectivity index (χ1n) is 5.12. The molecule has 0 fully saturated rings. The van der Waals surface area contributed by atoms with E-state index in [1.165, 1.54) is 5.17 Å². The summed E-state index contributed by atoms with van der Waals surface area (Å²) in [4.78, 5) is 30.9. The van der Waals surface area contributed by atoms with Crippen molar-refractivity contribution in [2.45, 2.75) is 6.92 Å². The van der Waals surface area contributed by atoms with Gasteiger partial charge in [0.25, 0.3) is 0 Å². The number of nitrogens with one attached hydrogen (secondary N) is 2. The van der Waals surface area contributed by atoms with Crippen molar-refractivity contribution in [2.75, 3.05) is 11.8 Å². The highest BCUT2D eigenvalue weighted by atomic mass is 16.7. The predicted octanol–water partition coefficient (Wildman–Crippen LogP) is 0.0859. The van der Waals surface area contributed by atoms with Gasteiger partial charge in [0.1, 0.15) is 0 Å². The van der Waals surface area contributed by atoms with Crippen molar-refractivity contribution in [3.8, 4) is 0 Å². The van der Waals surface area contributed by atoms with Gasteiger partial charge in [0.2, 0.25) is 0 Å². The second kappa shape index (κ2) is 4.71. The summed E-state index contributed by atoms with van der Waals surface area (Å²) in [7, 11) is 0. The first-order chi connectivity index (χ1) is 8.22. The zero-order chi connectivity index (χ0) is 12.3. The minimum atomic E-state index is -0.590. The van der Waals surface area contributed by atoms with Crippen molar-refractivity contribution < 1.29 is 4.84 Å². The van der Waals surface area contributed by atoms with Crippen LogP contribution in [0.25, 0.3) is 0 Å². The third kappa shape index (κ3) is 2.28. The van der Waals surface area contributed by atoms with E-state index in [1.54, 1.807) is 31.2 Å². The smallest absolute Gasteiger partial charge is 0.255 e. The van der Waals surface area contributed by atoms with Crippen LogP contribution in [0, 0.1) is 0 Å². The summed E-state index contributed by atoms with van der Waals surface area (Å²) in [5, 5.41) is 3.54. The lowest BCUT2D eigenvalue weighted by Crippen LogP contribution is -2.38. The van der Waals surface area contributed by atoms with Gasteiger partial charge in [-0.05, 0) is 19.1 Å². The van der Waals surface area contributed by atoms with Crippen LogP contribution in [0.3, 0.4) is 0 Å². The SMILES string of the molecule is CCON(c1ccccc1)n1[nH]c(=O)[nH]c1=O. The number of anilines is 1. The van der Waals surface area contributed by atoms with Gasteiger partial charge in [0, 0.05) is 0 Å². The fourth-order valence-electron chi connectivity index (χ4n) is 1.38. The molecule has 90 valence electrons. The van der Waals surface area contributed by atoms with Crippen LogP contribution in [0.15, 0.2) is 39.9 Å². The van der Waals surface area contributed by atoms with Crippen LogP contribution in [0.2, 0.25) is 0 Å². The van der Waals surface area contributed by atoms with Gasteiger partial charge in [-0.3, -0.25) is 9.82 Å². The lowest BCUT2D eigenvalue weighted by molar-refractivity contribution is 0.0854. The van der Waals surface area contributed by atoms with Crippen LogP contribution < -0.4 is 16.6 Å². The standard InChI is InChI=1S/C10H12N4O3/c1-2-17-14(8-6-4-3-5-7-8)13-10(16)11-9(15)12-13/h3-7H,2H2,1H3,(H2,11,12,15,16). The topological polar surface area (TPSA) is 83.1 Å². The highest BCUT2D eigenvalue weighted by Crippen LogP contribution is 2.12. The normalized spacial score (nSPS) is 10.4. The monoisotopic (exact) mass is 236 g/mol. The summed E-state index contributed by atoms with van der Waals surface area (Å²) in [6.07, 6.45) is 0. The quantitative estimate of drug-likeness (QED) is 0.737. The van der Waals surface area contributed by atoms with E-state index < -0.39 is 11.4 Å². The molecule has 0 saturated heterocycles. The fourth-order valence-corrected chi connectivity index (χ4v) is 1.38. The van der Waals surface area contributed by atoms with Gasteiger partial charge in [-0.2, -0.15) is 0 Å². The lowest BCUT2D eigenvalue weighted by Gasteiger charge is -2.21. The second-order valence-corrected chi connectivity index (χ2v) is 3.21. The van der Waals surface area contributed by atoms with E-state index in [9.17, 15) is 9.59 Å². The molecule has 0 bridgehead atoms. The van der Waals surface area contributed by atoms with Crippen LogP contribution in [0.1, 0.15) is 6.92 Å². The number of rotatable bonds is 4. The molecule has 0 amide bonds. The number of aromatic amines is 2. The molecule has 2 aromatic rings. The number of para-hydroxylation sites is 1. The maximum absolute atomic E-state index is 11.5. The van der Waals surface area contributed by atoms with Gasteiger partial charge < -0.3 is 0 Å². The van der Waals surface area contributed by atoms with Gasteiger partial charge in [0.05, 0.1) is 12.3 Å². The van der Waals surface area contributed by atoms with Crippen LogP contribution in [-0.2, 0) is 4.84 Å². The Kier molecular flexibility index (Phi) is 3.10. The average Bonchev–Trinajstić information content (AvgIpc) is 2.66. The highest BCUT2D eigenvalue weighted by Gasteiger charge is 2.12. The molecule has 17 heavy (non-hydrogen) atoms. The number of aromatic nitrogens is 3. The molecule has 0 aliphatic rings. The molecule has 0 radical (unpaired) electrons. The first-order valence-corrected chi connectivity index (χ1v) is 5.12. The van der Waals surface area contributed by atoms with Gasteiger partial charge in [-0.1, -0.05) is 18.2 Å². The Hall–Kier alpha value is -2.28. The summed E-state index contributed by atoms with van der Waals surface area (Å²) < 4.78 is 0. The zero-order valence-electron chi connectivity index (χ0n) is 9.21. The summed E-state index contributed by atoms with van der Waals surface area (Å²) >= 11 is 0. The molecule has 1 aromatic heterocycles. The molecule has 7 heteroatoms. The second-order valence-electron chi connectivity index (χ2n) is 3.21. The van der Waals surface area contributed by atoms with Crippen molar-refractivity contribution in [1.82, 2.24) is 14.9 Å². The molecule has 7 nitrogen and oxygen atoms in total. The lowest BCUT2D eigenvalue weighted by atomic mass is 10.3. The molecule has 1 heterocycles. The Morgan fingerprint density at radius 2 is 2.00 bits per heavy atom. The molecule has 1 aromatic carbocycles. The number of hydrogen-bond acceptors (Lipinski definition) is 4. The van der Waals surface area contributed by atoms with E-state index >= 15 is 0 Å². The van der Waals surface area contributed by atoms with E-state index in [4.69, 9.17) is 4.84 Å². The number of nitrogens with zero attached hydrogens (tertiary/aromatic N) is 2. The first kappa shape index (κ1) is 11.2. The fraction of sp³-hybridized carbons (Fsp3) is 0.200. The molecule has 0 aliphatic heterocycles. The zero-order valence-corrected chi connectivity index (χ0v) is 9.21. The predicted molar refractivity (Wildman–Crippen MR) is 61.6 cm³/mol. The van der Waals surface area contributed by atoms with Gasteiger partial charge >= 0.3 is 11.4 Å². The highest BCUT2D eigenvalue weighted by molar-refractivity contribution is 5.42. The van der Waals surface area contributed by atoms with E-state index in [0.29, 0.717) is 12.3 Å². The summed E-state index contributed by atoms with van der Waals surface area (Å²) in [6.45, 7) is 2.14. The Balaban J connectivity index is 2.46. The van der Waals surface area contributed by atoms with E-state index in [0.717, 1.165) is 4.79 Å². The van der Waals surface area contributed by atoms with Crippen molar-refractivity contribution in [3.05, 3.63) is 51.3 Å². The van der Waals surface area contributed by atoms with Crippen LogP contribution >= 0.6 is 0 Å². The molecular weight excluding hydrogens is 224 g/mol. The average molecular weight is 236 g/mol. The summed E-state index contributed by atoms with van der Waals surface area (Å²) in [5.74, 6) is 0. The van der Waals surface area contributed by atoms with E-state index in [1.807, 2.05) is 6.07 Å². The molecule has 0 aliphatic carbocycles. The van der Waals surface area contributed by atoms with Gasteiger partial charge in [0.15, 0.2) is 0 Å². The minimum Gasteiger partial charge on any atom is -0.255 e. The van der Waals surface area contributed by atoms with Crippen LogP contribution in [0.5, 0.6) is 0 Å². The molecule has 0 saturated carbocycles. The molecule has 0 atom stereocenters. The third-order valence-electron chi connectivity index (χ3n) is 2.03. The third-order valence-corrected chi connectivity index (χ3v) is 2.03. The maximum atomic E-state index is 11.5. The Labute approximate surface area is 96.2 Å². The Bertz CT molecular complexity index is 583. The summed E-state index contributed by atoms with van der Waals surface area (Å²) in [6, 6.07) is 8.96. The van der Waals surface area contributed by atoms with Crippen molar-refractivity contribution >= 4 is 5.69 Å². The Morgan fingerprint density at radius 1 is 1.29 bits per heavy atom. The van der Waals surface area contributed by atoms with Gasteiger partial charge in [-0.15, -0.1) is 9.96 Å². The number of hydrogen-bond donors (Lipinski definition) is 2. The largest absolute Gasteiger partial charge is 0.366 e. The minimum absolute atomic E-state index is 0.356. The van der Waals surface area contributed by atoms with Crippen LogP contribution in [0.4, 0.5) is 5.69 Å². The van der Waals surface area contributed by atoms with Crippen molar-refractivity contribution in [3.63, 3.8) is 0 Å². The van der Waals surface area contributed by atoms with E-state index in [-0.39, 0.29) is 0 Å². The molecule has 0 spiro atoms. The van der Waals surface area contributed by atoms with Gasteiger partial charge in [-0.25, -0.2) is 14.7 Å².